The van der Waals surface area contributed by atoms with Crippen molar-refractivity contribution in [1.29, 1.82) is 0 Å². The number of aromatic nitrogens is 1. The second kappa shape index (κ2) is 4.50. The van der Waals surface area contributed by atoms with Gasteiger partial charge in [-0.25, -0.2) is 4.98 Å². The van der Waals surface area contributed by atoms with Gasteiger partial charge in [0.05, 0.1) is 0 Å². The van der Waals surface area contributed by atoms with E-state index < -0.39 is 6.10 Å². The first-order chi connectivity index (χ1) is 8.63. The minimum Gasteiger partial charge on any atom is -0.454 e. The normalized spacial score (nSPS) is 13.1. The molecular formula is C13H10BrNO2S. The van der Waals surface area contributed by atoms with E-state index in [0.29, 0.717) is 5.01 Å². The maximum absolute atomic E-state index is 9.47. The van der Waals surface area contributed by atoms with Gasteiger partial charge in [0.1, 0.15) is 22.4 Å². The van der Waals surface area contributed by atoms with E-state index >= 15 is 0 Å². The average molecular weight is 324 g/mol. The van der Waals surface area contributed by atoms with Gasteiger partial charge in [0.15, 0.2) is 5.76 Å². The highest BCUT2D eigenvalue weighted by Gasteiger charge is 2.12. The Morgan fingerprint density at radius 1 is 1.39 bits per heavy atom. The molecule has 3 nitrogen and oxygen atoms in total. The van der Waals surface area contributed by atoms with Crippen LogP contribution in [0.3, 0.4) is 0 Å². The standard InChI is InChI=1S/C13H10BrNO2S/c1-7(16)13-15-10(6-18-13)12-5-8-4-9(14)2-3-11(8)17-12/h2-7,16H,1H3. The number of hydrogen-bond donors (Lipinski definition) is 1. The number of fused-ring (bicyclic) bond motifs is 1. The summed E-state index contributed by atoms with van der Waals surface area (Å²) in [6, 6.07) is 7.83. The summed E-state index contributed by atoms with van der Waals surface area (Å²) in [5.41, 5.74) is 1.60. The molecule has 0 saturated heterocycles. The molecule has 0 radical (unpaired) electrons. The monoisotopic (exact) mass is 323 g/mol. The van der Waals surface area contributed by atoms with Crippen LogP contribution in [0, 0.1) is 0 Å². The van der Waals surface area contributed by atoms with Crippen molar-refractivity contribution in [1.82, 2.24) is 4.98 Å². The zero-order chi connectivity index (χ0) is 12.7. The minimum atomic E-state index is -0.540. The van der Waals surface area contributed by atoms with Crippen molar-refractivity contribution in [3.05, 3.63) is 39.1 Å². The lowest BCUT2D eigenvalue weighted by atomic mass is 10.2. The molecule has 3 rings (SSSR count). The number of nitrogens with zero attached hydrogens (tertiary/aromatic N) is 1. The number of aliphatic hydroxyl groups excluding tert-OH is 1. The van der Waals surface area contributed by atoms with Crippen molar-refractivity contribution in [2.24, 2.45) is 0 Å². The summed E-state index contributed by atoms with van der Waals surface area (Å²) < 4.78 is 6.76. The third kappa shape index (κ3) is 2.09. The van der Waals surface area contributed by atoms with Crippen molar-refractivity contribution in [2.75, 3.05) is 0 Å². The molecule has 0 aliphatic rings. The molecule has 0 aliphatic carbocycles. The lowest BCUT2D eigenvalue weighted by molar-refractivity contribution is 0.199. The van der Waals surface area contributed by atoms with Crippen LogP contribution in [0.2, 0.25) is 0 Å². The Morgan fingerprint density at radius 2 is 2.22 bits per heavy atom. The van der Waals surface area contributed by atoms with Crippen LogP contribution >= 0.6 is 27.3 Å². The summed E-state index contributed by atoms with van der Waals surface area (Å²) in [6.07, 6.45) is -0.540. The molecule has 0 bridgehead atoms. The van der Waals surface area contributed by atoms with Gasteiger partial charge in [0, 0.05) is 15.2 Å². The van der Waals surface area contributed by atoms with Gasteiger partial charge in [-0.15, -0.1) is 11.3 Å². The Kier molecular flexibility index (Phi) is 2.97. The molecule has 0 saturated carbocycles. The third-order valence-corrected chi connectivity index (χ3v) is 4.12. The van der Waals surface area contributed by atoms with E-state index in [9.17, 15) is 5.11 Å². The molecular weight excluding hydrogens is 314 g/mol. The van der Waals surface area contributed by atoms with Gasteiger partial charge < -0.3 is 9.52 Å². The molecule has 1 atom stereocenters. The molecule has 2 heterocycles. The van der Waals surface area contributed by atoms with E-state index in [1.54, 1.807) is 6.92 Å². The summed E-state index contributed by atoms with van der Waals surface area (Å²) in [5.74, 6) is 0.728. The highest BCUT2D eigenvalue weighted by molar-refractivity contribution is 9.10. The lowest BCUT2D eigenvalue weighted by Gasteiger charge is -1.95. The largest absolute Gasteiger partial charge is 0.454 e. The molecule has 1 N–H and O–H groups in total. The quantitative estimate of drug-likeness (QED) is 0.761. The fourth-order valence-corrected chi connectivity index (χ4v) is 2.86. The molecule has 0 amide bonds. The molecule has 2 aromatic heterocycles. The summed E-state index contributed by atoms with van der Waals surface area (Å²) in [6.45, 7) is 1.71. The summed E-state index contributed by atoms with van der Waals surface area (Å²) >= 11 is 4.87. The van der Waals surface area contributed by atoms with Crippen molar-refractivity contribution in [2.45, 2.75) is 13.0 Å². The van der Waals surface area contributed by atoms with E-state index in [1.165, 1.54) is 11.3 Å². The topological polar surface area (TPSA) is 46.3 Å². The van der Waals surface area contributed by atoms with Gasteiger partial charge in [0.25, 0.3) is 0 Å². The summed E-state index contributed by atoms with van der Waals surface area (Å²) in [4.78, 5) is 4.36. The SMILES string of the molecule is CC(O)c1nc(-c2cc3cc(Br)ccc3o2)cs1. The molecule has 18 heavy (non-hydrogen) atoms. The van der Waals surface area contributed by atoms with Crippen LogP contribution < -0.4 is 0 Å². The number of aliphatic hydroxyl groups is 1. The second-order valence-corrected chi connectivity index (χ2v) is 5.85. The van der Waals surface area contributed by atoms with E-state index in [0.717, 1.165) is 26.9 Å². The Balaban J connectivity index is 2.07. The van der Waals surface area contributed by atoms with E-state index in [1.807, 2.05) is 29.6 Å². The first-order valence-corrected chi connectivity index (χ1v) is 7.14. The molecule has 0 fully saturated rings. The van der Waals surface area contributed by atoms with E-state index in [2.05, 4.69) is 20.9 Å². The Labute approximate surface area is 116 Å². The maximum atomic E-state index is 9.47. The Bertz CT molecular complexity index is 702. The van der Waals surface area contributed by atoms with Crippen molar-refractivity contribution >= 4 is 38.2 Å². The van der Waals surface area contributed by atoms with Gasteiger partial charge in [-0.2, -0.15) is 0 Å². The van der Waals surface area contributed by atoms with Crippen molar-refractivity contribution in [3.8, 4) is 11.5 Å². The zero-order valence-corrected chi connectivity index (χ0v) is 12.0. The van der Waals surface area contributed by atoms with Crippen LogP contribution in [0.15, 0.2) is 38.5 Å². The number of furan rings is 1. The zero-order valence-electron chi connectivity index (χ0n) is 9.55. The number of hydrogen-bond acceptors (Lipinski definition) is 4. The van der Waals surface area contributed by atoms with Crippen molar-refractivity contribution in [3.63, 3.8) is 0 Å². The molecule has 1 unspecified atom stereocenters. The van der Waals surface area contributed by atoms with Crippen LogP contribution in [0.1, 0.15) is 18.0 Å². The van der Waals surface area contributed by atoms with Gasteiger partial charge in [0.2, 0.25) is 0 Å². The third-order valence-electron chi connectivity index (χ3n) is 2.61. The molecule has 1 aromatic carbocycles. The average Bonchev–Trinajstić information content (AvgIpc) is 2.93. The number of benzene rings is 1. The lowest BCUT2D eigenvalue weighted by Crippen LogP contribution is -1.88. The van der Waals surface area contributed by atoms with E-state index in [4.69, 9.17) is 4.42 Å². The predicted molar refractivity (Wildman–Crippen MR) is 75.7 cm³/mol. The number of rotatable bonds is 2. The second-order valence-electron chi connectivity index (χ2n) is 4.04. The Hall–Kier alpha value is -1.17. The van der Waals surface area contributed by atoms with Crippen LogP contribution in [0.25, 0.3) is 22.4 Å². The molecule has 0 aliphatic heterocycles. The molecule has 92 valence electrons. The summed E-state index contributed by atoms with van der Waals surface area (Å²) in [5, 5.41) is 13.1. The molecule has 5 heteroatoms. The fourth-order valence-electron chi connectivity index (χ4n) is 1.73. The first kappa shape index (κ1) is 11.9. The van der Waals surface area contributed by atoms with Crippen LogP contribution in [-0.2, 0) is 0 Å². The Morgan fingerprint density at radius 3 is 2.94 bits per heavy atom. The maximum Gasteiger partial charge on any atom is 0.154 e. The molecule has 3 aromatic rings. The fraction of sp³-hybridized carbons (Fsp3) is 0.154. The van der Waals surface area contributed by atoms with E-state index in [-0.39, 0.29) is 0 Å². The highest BCUT2D eigenvalue weighted by atomic mass is 79.9. The van der Waals surface area contributed by atoms with Gasteiger partial charge in [-0.05, 0) is 31.2 Å². The minimum absolute atomic E-state index is 0.540. The van der Waals surface area contributed by atoms with Crippen LogP contribution in [-0.4, -0.2) is 10.1 Å². The van der Waals surface area contributed by atoms with Crippen LogP contribution in [0.4, 0.5) is 0 Å². The first-order valence-electron chi connectivity index (χ1n) is 5.46. The van der Waals surface area contributed by atoms with Gasteiger partial charge in [-0.1, -0.05) is 15.9 Å². The van der Waals surface area contributed by atoms with Gasteiger partial charge >= 0.3 is 0 Å². The molecule has 0 spiro atoms. The van der Waals surface area contributed by atoms with Crippen molar-refractivity contribution < 1.29 is 9.52 Å². The number of thiazole rings is 1. The predicted octanol–water partition coefficient (Wildman–Crippen LogP) is 4.37. The summed E-state index contributed by atoms with van der Waals surface area (Å²) in [7, 11) is 0. The highest BCUT2D eigenvalue weighted by Crippen LogP contribution is 2.31. The smallest absolute Gasteiger partial charge is 0.154 e. The van der Waals surface area contributed by atoms with Gasteiger partial charge in [-0.3, -0.25) is 0 Å². The van der Waals surface area contributed by atoms with Crippen LogP contribution in [0.5, 0.6) is 0 Å². The number of halogens is 1.